The van der Waals surface area contributed by atoms with Gasteiger partial charge in [0.2, 0.25) is 11.8 Å². The number of carbonyl (C=O) groups is 2. The van der Waals surface area contributed by atoms with Gasteiger partial charge in [0, 0.05) is 28.9 Å². The molecule has 0 aliphatic carbocycles. The molecule has 8 heteroatoms. The molecule has 0 saturated heterocycles. The average Bonchev–Trinajstić information content (AvgIpc) is 2.78. The van der Waals surface area contributed by atoms with E-state index in [1.807, 2.05) is 63.2 Å². The number of hydrogen-bond acceptors (Lipinski definition) is 6. The minimum atomic E-state index is -0.0502. The number of amides is 2. The van der Waals surface area contributed by atoms with Gasteiger partial charge < -0.3 is 16.0 Å². The van der Waals surface area contributed by atoms with E-state index in [9.17, 15) is 9.59 Å². The molecule has 2 aromatic carbocycles. The normalized spacial score (nSPS) is 10.9. The van der Waals surface area contributed by atoms with Gasteiger partial charge in [-0.25, -0.2) is 9.97 Å². The van der Waals surface area contributed by atoms with Gasteiger partial charge in [-0.05, 0) is 55.9 Å². The van der Waals surface area contributed by atoms with Crippen LogP contribution in [0.5, 0.6) is 0 Å². The van der Waals surface area contributed by atoms with Crippen molar-refractivity contribution in [3.8, 4) is 0 Å². The van der Waals surface area contributed by atoms with Crippen molar-refractivity contribution in [2.24, 2.45) is 0 Å². The molecule has 2 amide bonds. The minimum absolute atomic E-state index is 0.0219. The Morgan fingerprint density at radius 1 is 0.875 bits per heavy atom. The Morgan fingerprint density at radius 2 is 1.59 bits per heavy atom. The summed E-state index contributed by atoms with van der Waals surface area (Å²) in [7, 11) is 0. The summed E-state index contributed by atoms with van der Waals surface area (Å²) in [6.07, 6.45) is 2.76. The lowest BCUT2D eigenvalue weighted by Gasteiger charge is -2.17. The molecule has 0 atom stereocenters. The van der Waals surface area contributed by atoms with Gasteiger partial charge in [0.05, 0.1) is 12.1 Å². The van der Waals surface area contributed by atoms with Crippen molar-refractivity contribution >= 4 is 45.6 Å². The highest BCUT2D eigenvalue weighted by atomic mass is 16.2. The zero-order valence-corrected chi connectivity index (χ0v) is 18.8. The molecule has 0 unspecified atom stereocenters. The van der Waals surface area contributed by atoms with E-state index in [-0.39, 0.29) is 11.8 Å². The first kappa shape index (κ1) is 23.1. The Kier molecular flexibility index (Phi) is 8.10. The Hall–Kier alpha value is -3.52. The summed E-state index contributed by atoms with van der Waals surface area (Å²) in [6.45, 7) is 8.05. The lowest BCUT2D eigenvalue weighted by molar-refractivity contribution is -0.117. The van der Waals surface area contributed by atoms with Crippen LogP contribution in [0.15, 0.2) is 48.8 Å². The second-order valence-corrected chi connectivity index (χ2v) is 7.47. The smallest absolute Gasteiger partial charge is 0.238 e. The predicted octanol–water partition coefficient (Wildman–Crippen LogP) is 4.39. The third-order valence-corrected chi connectivity index (χ3v) is 5.07. The van der Waals surface area contributed by atoms with Crippen LogP contribution >= 0.6 is 0 Å². The highest BCUT2D eigenvalue weighted by Crippen LogP contribution is 2.27. The van der Waals surface area contributed by atoms with E-state index in [1.165, 1.54) is 6.33 Å². The van der Waals surface area contributed by atoms with E-state index in [0.29, 0.717) is 30.2 Å². The molecule has 0 fully saturated rings. The van der Waals surface area contributed by atoms with Gasteiger partial charge in [0.25, 0.3) is 0 Å². The van der Waals surface area contributed by atoms with Crippen molar-refractivity contribution in [2.45, 2.75) is 33.6 Å². The van der Waals surface area contributed by atoms with Crippen LogP contribution in [0.1, 0.15) is 33.6 Å². The van der Waals surface area contributed by atoms with Crippen LogP contribution in [0.3, 0.4) is 0 Å². The van der Waals surface area contributed by atoms with Gasteiger partial charge in [0.1, 0.15) is 12.1 Å². The fourth-order valence-corrected chi connectivity index (χ4v) is 3.35. The summed E-state index contributed by atoms with van der Waals surface area (Å²) in [4.78, 5) is 35.0. The lowest BCUT2D eigenvalue weighted by Crippen LogP contribution is -2.32. The molecule has 3 N–H and O–H groups in total. The van der Waals surface area contributed by atoms with Gasteiger partial charge in [-0.3, -0.25) is 14.5 Å². The first-order valence-corrected chi connectivity index (χ1v) is 11.0. The molecular weight excluding hydrogens is 404 g/mol. The topological polar surface area (TPSA) is 99.2 Å². The van der Waals surface area contributed by atoms with E-state index in [1.54, 1.807) is 0 Å². The van der Waals surface area contributed by atoms with Crippen LogP contribution in [0.25, 0.3) is 10.9 Å². The number of nitrogens with zero attached hydrogens (tertiary/aromatic N) is 3. The van der Waals surface area contributed by atoms with E-state index >= 15 is 0 Å². The molecule has 0 saturated carbocycles. The van der Waals surface area contributed by atoms with Crippen LogP contribution in [0.4, 0.5) is 22.9 Å². The van der Waals surface area contributed by atoms with E-state index < -0.39 is 0 Å². The highest BCUT2D eigenvalue weighted by Gasteiger charge is 2.10. The van der Waals surface area contributed by atoms with Crippen molar-refractivity contribution in [3.63, 3.8) is 0 Å². The fourth-order valence-electron chi connectivity index (χ4n) is 3.35. The van der Waals surface area contributed by atoms with Gasteiger partial charge in [-0.1, -0.05) is 26.8 Å². The quantitative estimate of drug-likeness (QED) is 0.438. The number of nitrogens with one attached hydrogen (secondary N) is 3. The molecule has 0 aliphatic heterocycles. The number of carbonyl (C=O) groups excluding carboxylic acids is 2. The Morgan fingerprint density at radius 3 is 2.34 bits per heavy atom. The fraction of sp³-hybridized carbons (Fsp3) is 0.333. The largest absolute Gasteiger partial charge is 0.340 e. The number of benzene rings is 2. The first-order valence-electron chi connectivity index (χ1n) is 11.0. The number of aromatic nitrogens is 2. The number of fused-ring (bicyclic) bond motifs is 1. The third-order valence-electron chi connectivity index (χ3n) is 5.07. The van der Waals surface area contributed by atoms with E-state index in [2.05, 4.69) is 30.8 Å². The SMILES string of the molecule is CCCC(=O)Nc1ccc2ncnc(Nc3cccc(NC(=O)CN(CC)CC)c3)c2c1. The number of anilines is 4. The van der Waals surface area contributed by atoms with Crippen molar-refractivity contribution < 1.29 is 9.59 Å². The molecule has 0 radical (unpaired) electrons. The summed E-state index contributed by atoms with van der Waals surface area (Å²) >= 11 is 0. The Balaban J connectivity index is 1.78. The van der Waals surface area contributed by atoms with Gasteiger partial charge in [0.15, 0.2) is 0 Å². The van der Waals surface area contributed by atoms with E-state index in [4.69, 9.17) is 0 Å². The van der Waals surface area contributed by atoms with Crippen molar-refractivity contribution in [1.29, 1.82) is 0 Å². The zero-order chi connectivity index (χ0) is 22.9. The maximum atomic E-state index is 12.3. The Labute approximate surface area is 188 Å². The van der Waals surface area contributed by atoms with Crippen LogP contribution in [-0.4, -0.2) is 46.3 Å². The summed E-state index contributed by atoms with van der Waals surface area (Å²) in [5.41, 5.74) is 2.95. The molecule has 1 heterocycles. The lowest BCUT2D eigenvalue weighted by atomic mass is 10.2. The Bertz CT molecular complexity index is 1080. The molecule has 0 aliphatic rings. The second kappa shape index (κ2) is 11.2. The van der Waals surface area contributed by atoms with Crippen molar-refractivity contribution in [3.05, 3.63) is 48.8 Å². The van der Waals surface area contributed by atoms with Crippen molar-refractivity contribution in [2.75, 3.05) is 35.6 Å². The molecule has 1 aromatic heterocycles. The zero-order valence-electron chi connectivity index (χ0n) is 18.8. The van der Waals surface area contributed by atoms with Gasteiger partial charge >= 0.3 is 0 Å². The number of likely N-dealkylation sites (N-methyl/N-ethyl adjacent to an activating group) is 1. The molecule has 3 rings (SSSR count). The van der Waals surface area contributed by atoms with Gasteiger partial charge in [-0.15, -0.1) is 0 Å². The molecule has 0 bridgehead atoms. The summed E-state index contributed by atoms with van der Waals surface area (Å²) in [5.74, 6) is 0.547. The summed E-state index contributed by atoms with van der Waals surface area (Å²) in [5, 5.41) is 9.95. The molecule has 32 heavy (non-hydrogen) atoms. The molecule has 168 valence electrons. The predicted molar refractivity (Wildman–Crippen MR) is 129 cm³/mol. The van der Waals surface area contributed by atoms with Gasteiger partial charge in [-0.2, -0.15) is 0 Å². The van der Waals surface area contributed by atoms with E-state index in [0.717, 1.165) is 36.1 Å². The monoisotopic (exact) mass is 434 g/mol. The molecule has 0 spiro atoms. The number of hydrogen-bond donors (Lipinski definition) is 3. The summed E-state index contributed by atoms with van der Waals surface area (Å²) in [6, 6.07) is 13.0. The van der Waals surface area contributed by atoms with Crippen LogP contribution in [0, 0.1) is 0 Å². The van der Waals surface area contributed by atoms with Crippen molar-refractivity contribution in [1.82, 2.24) is 14.9 Å². The maximum Gasteiger partial charge on any atom is 0.238 e. The first-order chi connectivity index (χ1) is 15.5. The second-order valence-electron chi connectivity index (χ2n) is 7.47. The molecule has 8 nitrogen and oxygen atoms in total. The highest BCUT2D eigenvalue weighted by molar-refractivity contribution is 5.97. The molecular formula is C24H30N6O2. The summed E-state index contributed by atoms with van der Waals surface area (Å²) < 4.78 is 0. The number of rotatable bonds is 10. The molecule has 3 aromatic rings. The maximum absolute atomic E-state index is 12.3. The third kappa shape index (κ3) is 6.24. The standard InChI is InChI=1S/C24H30N6O2/c1-4-8-22(31)27-19-11-12-21-20(14-19)24(26-16-25-21)29-18-10-7-9-17(13-18)28-23(32)15-30(5-2)6-3/h7,9-14,16H,4-6,8,15H2,1-3H3,(H,27,31)(H,28,32)(H,25,26,29). The minimum Gasteiger partial charge on any atom is -0.340 e. The van der Waals surface area contributed by atoms with Crippen LogP contribution in [-0.2, 0) is 9.59 Å². The average molecular weight is 435 g/mol. The van der Waals surface area contributed by atoms with Crippen LogP contribution < -0.4 is 16.0 Å². The van der Waals surface area contributed by atoms with Crippen LogP contribution in [0.2, 0.25) is 0 Å².